The first kappa shape index (κ1) is 14.8. The molecule has 1 amide bonds. The maximum Gasteiger partial charge on any atom is 0.225 e. The number of ether oxygens (including phenoxy) is 1. The lowest BCUT2D eigenvalue weighted by Gasteiger charge is -2.33. The van der Waals surface area contributed by atoms with Crippen molar-refractivity contribution < 1.29 is 9.53 Å². The molecule has 1 unspecified atom stereocenters. The van der Waals surface area contributed by atoms with Crippen molar-refractivity contribution in [1.29, 1.82) is 0 Å². The van der Waals surface area contributed by atoms with Gasteiger partial charge in [-0.1, -0.05) is 12.1 Å². The molecule has 0 saturated carbocycles. The molecule has 5 nitrogen and oxygen atoms in total. The van der Waals surface area contributed by atoms with Crippen molar-refractivity contribution in [3.05, 3.63) is 24.3 Å². The molecule has 110 valence electrons. The number of carbonyl (C=O) groups is 1. The molecule has 1 aromatic rings. The van der Waals surface area contributed by atoms with E-state index in [0.29, 0.717) is 18.2 Å². The van der Waals surface area contributed by atoms with Crippen LogP contribution in [0.1, 0.15) is 13.3 Å². The smallest absolute Gasteiger partial charge is 0.225 e. The van der Waals surface area contributed by atoms with Gasteiger partial charge in [0.15, 0.2) is 0 Å². The molecule has 1 heterocycles. The molecule has 1 aromatic carbocycles. The third-order valence-corrected chi connectivity index (χ3v) is 3.65. The first-order chi connectivity index (χ1) is 9.70. The van der Waals surface area contributed by atoms with E-state index in [0.717, 1.165) is 31.9 Å². The number of hydrogen-bond acceptors (Lipinski definition) is 4. The zero-order valence-corrected chi connectivity index (χ0v) is 12.2. The van der Waals surface area contributed by atoms with Crippen LogP contribution in [0.3, 0.4) is 0 Å². The van der Waals surface area contributed by atoms with Crippen molar-refractivity contribution in [2.45, 2.75) is 19.4 Å². The predicted molar refractivity (Wildman–Crippen MR) is 80.1 cm³/mol. The van der Waals surface area contributed by atoms with Gasteiger partial charge in [0.2, 0.25) is 5.91 Å². The molecule has 1 aliphatic heterocycles. The second kappa shape index (κ2) is 7.26. The fraction of sp³-hybridized carbons (Fsp3) is 0.533. The van der Waals surface area contributed by atoms with Crippen molar-refractivity contribution in [3.8, 4) is 5.75 Å². The van der Waals surface area contributed by atoms with Crippen LogP contribution in [0.4, 0.5) is 5.69 Å². The molecule has 0 radical (unpaired) electrons. The number of hydrogen-bond donors (Lipinski definition) is 2. The molecule has 1 saturated heterocycles. The minimum absolute atomic E-state index is 0.0280. The van der Waals surface area contributed by atoms with Crippen LogP contribution in [0.25, 0.3) is 0 Å². The number of anilines is 1. The van der Waals surface area contributed by atoms with Crippen LogP contribution in [0.15, 0.2) is 24.3 Å². The summed E-state index contributed by atoms with van der Waals surface area (Å²) >= 11 is 0. The summed E-state index contributed by atoms with van der Waals surface area (Å²) < 4.78 is 5.22. The predicted octanol–water partition coefficient (Wildman–Crippen LogP) is 1.32. The van der Waals surface area contributed by atoms with Crippen LogP contribution in [-0.2, 0) is 4.79 Å². The van der Waals surface area contributed by atoms with Gasteiger partial charge in [-0.3, -0.25) is 9.69 Å². The number of nitrogens with zero attached hydrogens (tertiary/aromatic N) is 1. The van der Waals surface area contributed by atoms with Crippen molar-refractivity contribution in [3.63, 3.8) is 0 Å². The van der Waals surface area contributed by atoms with Gasteiger partial charge in [-0.15, -0.1) is 0 Å². The Bertz CT molecular complexity index is 450. The van der Waals surface area contributed by atoms with Gasteiger partial charge in [-0.25, -0.2) is 0 Å². The number of amides is 1. The van der Waals surface area contributed by atoms with E-state index in [1.54, 1.807) is 7.11 Å². The van der Waals surface area contributed by atoms with Gasteiger partial charge < -0.3 is 15.4 Å². The van der Waals surface area contributed by atoms with Crippen LogP contribution in [0, 0.1) is 0 Å². The highest BCUT2D eigenvalue weighted by molar-refractivity contribution is 5.92. The SMILES string of the molecule is COc1ccccc1NC(=O)CCN1CCNCC1C. The average molecular weight is 277 g/mol. The topological polar surface area (TPSA) is 53.6 Å². The third kappa shape index (κ3) is 3.95. The van der Waals surface area contributed by atoms with E-state index < -0.39 is 0 Å². The highest BCUT2D eigenvalue weighted by Crippen LogP contribution is 2.23. The second-order valence-electron chi connectivity index (χ2n) is 5.09. The van der Waals surface area contributed by atoms with E-state index in [1.165, 1.54) is 0 Å². The molecule has 0 aliphatic carbocycles. The molecule has 0 aromatic heterocycles. The zero-order valence-electron chi connectivity index (χ0n) is 12.2. The Morgan fingerprint density at radius 2 is 2.30 bits per heavy atom. The van der Waals surface area contributed by atoms with Crippen molar-refractivity contribution >= 4 is 11.6 Å². The van der Waals surface area contributed by atoms with E-state index in [2.05, 4.69) is 22.5 Å². The maximum atomic E-state index is 12.0. The molecule has 0 bridgehead atoms. The molecule has 1 atom stereocenters. The number of nitrogens with one attached hydrogen (secondary N) is 2. The lowest BCUT2D eigenvalue weighted by molar-refractivity contribution is -0.116. The van der Waals surface area contributed by atoms with Crippen molar-refractivity contribution in [2.24, 2.45) is 0 Å². The lowest BCUT2D eigenvalue weighted by Crippen LogP contribution is -2.50. The molecule has 2 N–H and O–H groups in total. The molecule has 1 fully saturated rings. The van der Waals surface area contributed by atoms with Crippen LogP contribution in [0.2, 0.25) is 0 Å². The van der Waals surface area contributed by atoms with Gasteiger partial charge in [0.25, 0.3) is 0 Å². The molecule has 5 heteroatoms. The molecule has 20 heavy (non-hydrogen) atoms. The van der Waals surface area contributed by atoms with Gasteiger partial charge in [0.05, 0.1) is 12.8 Å². The van der Waals surface area contributed by atoms with Crippen LogP contribution < -0.4 is 15.4 Å². The third-order valence-electron chi connectivity index (χ3n) is 3.65. The van der Waals surface area contributed by atoms with Gasteiger partial charge in [0.1, 0.15) is 5.75 Å². The van der Waals surface area contributed by atoms with Crippen LogP contribution in [-0.4, -0.2) is 50.1 Å². The van der Waals surface area contributed by atoms with Gasteiger partial charge >= 0.3 is 0 Å². The quantitative estimate of drug-likeness (QED) is 0.852. The van der Waals surface area contributed by atoms with Crippen LogP contribution >= 0.6 is 0 Å². The Morgan fingerprint density at radius 3 is 3.05 bits per heavy atom. The molecule has 0 spiro atoms. The summed E-state index contributed by atoms with van der Waals surface area (Å²) in [5.74, 6) is 0.719. The van der Waals surface area contributed by atoms with Crippen LogP contribution in [0.5, 0.6) is 5.75 Å². The number of methoxy groups -OCH3 is 1. The Balaban J connectivity index is 1.83. The van der Waals surface area contributed by atoms with Gasteiger partial charge in [0, 0.05) is 38.6 Å². The van der Waals surface area contributed by atoms with E-state index in [9.17, 15) is 4.79 Å². The fourth-order valence-corrected chi connectivity index (χ4v) is 2.42. The molecular formula is C15H23N3O2. The first-order valence-electron chi connectivity index (χ1n) is 7.08. The first-order valence-corrected chi connectivity index (χ1v) is 7.08. The Morgan fingerprint density at radius 1 is 1.50 bits per heavy atom. The summed E-state index contributed by atoms with van der Waals surface area (Å²) in [5.41, 5.74) is 0.730. The Hall–Kier alpha value is -1.59. The standard InChI is InChI=1S/C15H23N3O2/c1-12-11-16-8-10-18(12)9-7-15(19)17-13-5-3-4-6-14(13)20-2/h3-6,12,16H,7-11H2,1-2H3,(H,17,19). The van der Waals surface area contributed by atoms with Crippen molar-refractivity contribution in [1.82, 2.24) is 10.2 Å². The number of benzene rings is 1. The van der Waals surface area contributed by atoms with Gasteiger partial charge in [-0.2, -0.15) is 0 Å². The highest BCUT2D eigenvalue weighted by atomic mass is 16.5. The maximum absolute atomic E-state index is 12.0. The van der Waals surface area contributed by atoms with E-state index in [1.807, 2.05) is 24.3 Å². The minimum Gasteiger partial charge on any atom is -0.495 e. The molecule has 1 aliphatic rings. The summed E-state index contributed by atoms with van der Waals surface area (Å²) in [6, 6.07) is 7.95. The van der Waals surface area contributed by atoms with Gasteiger partial charge in [-0.05, 0) is 19.1 Å². The normalized spacial score (nSPS) is 19.6. The monoisotopic (exact) mass is 277 g/mol. The Kier molecular flexibility index (Phi) is 5.38. The summed E-state index contributed by atoms with van der Waals surface area (Å²) in [7, 11) is 1.60. The number of rotatable bonds is 5. The summed E-state index contributed by atoms with van der Waals surface area (Å²) in [6.45, 7) is 5.98. The zero-order chi connectivity index (χ0) is 14.4. The Labute approximate surface area is 120 Å². The fourth-order valence-electron chi connectivity index (χ4n) is 2.42. The lowest BCUT2D eigenvalue weighted by atomic mass is 10.2. The van der Waals surface area contributed by atoms with E-state index in [-0.39, 0.29) is 5.91 Å². The minimum atomic E-state index is 0.0280. The number of para-hydroxylation sites is 2. The van der Waals surface area contributed by atoms with E-state index in [4.69, 9.17) is 4.74 Å². The van der Waals surface area contributed by atoms with Crippen molar-refractivity contribution in [2.75, 3.05) is 38.6 Å². The highest BCUT2D eigenvalue weighted by Gasteiger charge is 2.18. The number of piperazine rings is 1. The summed E-state index contributed by atoms with van der Waals surface area (Å²) in [4.78, 5) is 14.4. The molecule has 2 rings (SSSR count). The summed E-state index contributed by atoms with van der Waals surface area (Å²) in [6.07, 6.45) is 0.502. The second-order valence-corrected chi connectivity index (χ2v) is 5.09. The number of carbonyl (C=O) groups excluding carboxylic acids is 1. The summed E-state index contributed by atoms with van der Waals surface area (Å²) in [5, 5.41) is 6.26. The largest absolute Gasteiger partial charge is 0.495 e. The molecular weight excluding hydrogens is 254 g/mol. The van der Waals surface area contributed by atoms with E-state index >= 15 is 0 Å². The average Bonchev–Trinajstić information content (AvgIpc) is 2.47.